The van der Waals surface area contributed by atoms with Gasteiger partial charge in [-0.3, -0.25) is 4.79 Å². The zero-order chi connectivity index (χ0) is 13.9. The van der Waals surface area contributed by atoms with Crippen molar-refractivity contribution in [3.05, 3.63) is 33.8 Å². The lowest BCUT2D eigenvalue weighted by atomic mass is 9.77. The normalized spacial score (nSPS) is 18.3. The average molecular weight is 300 g/mol. The molecule has 0 bridgehead atoms. The SMILES string of the molecule is CNC1(CC(=O)c2cccc(Cl)c2Cl)CCCCC1. The van der Waals surface area contributed by atoms with Gasteiger partial charge in [0.2, 0.25) is 0 Å². The first kappa shape index (κ1) is 14.8. The molecule has 1 aliphatic carbocycles. The van der Waals surface area contributed by atoms with Gasteiger partial charge in [0.25, 0.3) is 0 Å². The number of hydrogen-bond donors (Lipinski definition) is 1. The van der Waals surface area contributed by atoms with Crippen LogP contribution in [0.4, 0.5) is 0 Å². The minimum absolute atomic E-state index is 0.0685. The van der Waals surface area contributed by atoms with E-state index in [1.807, 2.05) is 7.05 Å². The highest BCUT2D eigenvalue weighted by Crippen LogP contribution is 2.34. The Morgan fingerprint density at radius 3 is 2.58 bits per heavy atom. The maximum atomic E-state index is 12.5. The summed E-state index contributed by atoms with van der Waals surface area (Å²) in [7, 11) is 1.94. The summed E-state index contributed by atoms with van der Waals surface area (Å²) in [5, 5.41) is 4.17. The molecule has 0 amide bonds. The molecule has 0 aliphatic heterocycles. The Bertz CT molecular complexity index is 467. The third-order valence-electron chi connectivity index (χ3n) is 4.09. The Balaban J connectivity index is 2.17. The van der Waals surface area contributed by atoms with E-state index in [-0.39, 0.29) is 11.3 Å². The number of carbonyl (C=O) groups excluding carboxylic acids is 1. The molecule has 1 aromatic rings. The molecule has 2 nitrogen and oxygen atoms in total. The molecule has 0 saturated heterocycles. The van der Waals surface area contributed by atoms with Crippen molar-refractivity contribution in [3.8, 4) is 0 Å². The Morgan fingerprint density at radius 2 is 1.95 bits per heavy atom. The maximum Gasteiger partial charge on any atom is 0.166 e. The molecule has 4 heteroatoms. The first-order valence-electron chi connectivity index (χ1n) is 6.74. The molecule has 0 radical (unpaired) electrons. The van der Waals surface area contributed by atoms with E-state index in [4.69, 9.17) is 23.2 Å². The van der Waals surface area contributed by atoms with Crippen LogP contribution in [-0.4, -0.2) is 18.4 Å². The summed E-state index contributed by atoms with van der Waals surface area (Å²) in [6.45, 7) is 0. The zero-order valence-corrected chi connectivity index (χ0v) is 12.7. The number of rotatable bonds is 4. The predicted octanol–water partition coefficient (Wildman–Crippen LogP) is 4.49. The highest BCUT2D eigenvalue weighted by atomic mass is 35.5. The van der Waals surface area contributed by atoms with Crippen LogP contribution in [-0.2, 0) is 0 Å². The van der Waals surface area contributed by atoms with Gasteiger partial charge in [-0.2, -0.15) is 0 Å². The molecule has 1 fully saturated rings. The number of halogens is 2. The maximum absolute atomic E-state index is 12.5. The van der Waals surface area contributed by atoms with Gasteiger partial charge in [0.05, 0.1) is 10.0 Å². The summed E-state index contributed by atoms with van der Waals surface area (Å²) in [4.78, 5) is 12.5. The lowest BCUT2D eigenvalue weighted by Crippen LogP contribution is -2.46. The summed E-state index contributed by atoms with van der Waals surface area (Å²) >= 11 is 12.1. The van der Waals surface area contributed by atoms with E-state index >= 15 is 0 Å². The van der Waals surface area contributed by atoms with Crippen LogP contribution in [0.2, 0.25) is 10.0 Å². The number of Topliss-reactive ketones (excluding diaryl/α,β-unsaturated/α-hetero) is 1. The average Bonchev–Trinajstić information content (AvgIpc) is 2.42. The van der Waals surface area contributed by atoms with Gasteiger partial charge in [-0.15, -0.1) is 0 Å². The van der Waals surface area contributed by atoms with Crippen molar-refractivity contribution < 1.29 is 4.79 Å². The third kappa shape index (κ3) is 3.31. The number of nitrogens with one attached hydrogen (secondary N) is 1. The molecule has 19 heavy (non-hydrogen) atoms. The van der Waals surface area contributed by atoms with Crippen LogP contribution in [0.1, 0.15) is 48.9 Å². The summed E-state index contributed by atoms with van der Waals surface area (Å²) in [5.74, 6) is 0.0729. The number of carbonyl (C=O) groups is 1. The van der Waals surface area contributed by atoms with Crippen molar-refractivity contribution in [2.75, 3.05) is 7.05 Å². The number of ketones is 1. The lowest BCUT2D eigenvalue weighted by Gasteiger charge is -2.36. The number of benzene rings is 1. The number of hydrogen-bond acceptors (Lipinski definition) is 2. The molecule has 1 aliphatic rings. The molecular weight excluding hydrogens is 281 g/mol. The van der Waals surface area contributed by atoms with E-state index in [0.29, 0.717) is 22.0 Å². The molecule has 2 rings (SSSR count). The first-order valence-corrected chi connectivity index (χ1v) is 7.50. The fourth-order valence-corrected chi connectivity index (χ4v) is 3.27. The second-order valence-electron chi connectivity index (χ2n) is 5.29. The summed E-state index contributed by atoms with van der Waals surface area (Å²) < 4.78 is 0. The molecule has 104 valence electrons. The summed E-state index contributed by atoms with van der Waals surface area (Å²) in [6, 6.07) is 5.23. The molecule has 1 aromatic carbocycles. The minimum atomic E-state index is -0.0685. The first-order chi connectivity index (χ1) is 9.08. The van der Waals surface area contributed by atoms with Crippen LogP contribution in [0.5, 0.6) is 0 Å². The Kier molecular flexibility index (Phi) is 4.88. The lowest BCUT2D eigenvalue weighted by molar-refractivity contribution is 0.0915. The van der Waals surface area contributed by atoms with Gasteiger partial charge in [0.1, 0.15) is 0 Å². The third-order valence-corrected chi connectivity index (χ3v) is 4.91. The van der Waals surface area contributed by atoms with Crippen LogP contribution < -0.4 is 5.32 Å². The van der Waals surface area contributed by atoms with Crippen molar-refractivity contribution >= 4 is 29.0 Å². The topological polar surface area (TPSA) is 29.1 Å². The van der Waals surface area contributed by atoms with Gasteiger partial charge >= 0.3 is 0 Å². The van der Waals surface area contributed by atoms with Crippen molar-refractivity contribution in [1.29, 1.82) is 0 Å². The molecule has 0 aromatic heterocycles. The van der Waals surface area contributed by atoms with E-state index in [0.717, 1.165) is 12.8 Å². The van der Waals surface area contributed by atoms with Crippen molar-refractivity contribution in [2.24, 2.45) is 0 Å². The van der Waals surface area contributed by atoms with E-state index in [2.05, 4.69) is 5.32 Å². The molecule has 1 N–H and O–H groups in total. The Labute approximate surface area is 124 Å². The quantitative estimate of drug-likeness (QED) is 0.830. The van der Waals surface area contributed by atoms with E-state index in [1.54, 1.807) is 18.2 Å². The van der Waals surface area contributed by atoms with E-state index in [9.17, 15) is 4.79 Å². The molecular formula is C15H19Cl2NO. The van der Waals surface area contributed by atoms with Crippen LogP contribution in [0, 0.1) is 0 Å². The monoisotopic (exact) mass is 299 g/mol. The van der Waals surface area contributed by atoms with Crippen molar-refractivity contribution in [3.63, 3.8) is 0 Å². The standard InChI is InChI=1S/C15H19Cl2NO/c1-18-15(8-3-2-4-9-15)10-13(19)11-6-5-7-12(16)14(11)17/h5-7,18H,2-4,8-10H2,1H3. The summed E-state index contributed by atoms with van der Waals surface area (Å²) in [5.41, 5.74) is 0.468. The Hall–Kier alpha value is -0.570. The van der Waals surface area contributed by atoms with E-state index in [1.165, 1.54) is 19.3 Å². The largest absolute Gasteiger partial charge is 0.314 e. The van der Waals surface area contributed by atoms with Gasteiger partial charge in [0.15, 0.2) is 5.78 Å². The minimum Gasteiger partial charge on any atom is -0.314 e. The van der Waals surface area contributed by atoms with Gasteiger partial charge in [0, 0.05) is 17.5 Å². The van der Waals surface area contributed by atoms with Crippen LogP contribution in [0.15, 0.2) is 18.2 Å². The van der Waals surface area contributed by atoms with Gasteiger partial charge < -0.3 is 5.32 Å². The van der Waals surface area contributed by atoms with Crippen molar-refractivity contribution in [2.45, 2.75) is 44.1 Å². The van der Waals surface area contributed by atoms with Gasteiger partial charge in [-0.25, -0.2) is 0 Å². The smallest absolute Gasteiger partial charge is 0.166 e. The summed E-state index contributed by atoms with van der Waals surface area (Å²) in [6.07, 6.45) is 6.20. The second kappa shape index (κ2) is 6.25. The zero-order valence-electron chi connectivity index (χ0n) is 11.1. The molecule has 0 unspecified atom stereocenters. The van der Waals surface area contributed by atoms with Crippen molar-refractivity contribution in [1.82, 2.24) is 5.32 Å². The highest BCUT2D eigenvalue weighted by Gasteiger charge is 2.33. The molecule has 0 spiro atoms. The second-order valence-corrected chi connectivity index (χ2v) is 6.08. The molecule has 0 heterocycles. The fraction of sp³-hybridized carbons (Fsp3) is 0.533. The van der Waals surface area contributed by atoms with Gasteiger partial charge in [-0.05, 0) is 32.0 Å². The predicted molar refractivity (Wildman–Crippen MR) is 80.3 cm³/mol. The molecule has 1 saturated carbocycles. The van der Waals surface area contributed by atoms with Crippen LogP contribution in [0.25, 0.3) is 0 Å². The van der Waals surface area contributed by atoms with E-state index < -0.39 is 0 Å². The van der Waals surface area contributed by atoms with Gasteiger partial charge in [-0.1, -0.05) is 48.5 Å². The van der Waals surface area contributed by atoms with Crippen LogP contribution >= 0.6 is 23.2 Å². The Morgan fingerprint density at radius 1 is 1.26 bits per heavy atom. The fourth-order valence-electron chi connectivity index (χ4n) is 2.87. The van der Waals surface area contributed by atoms with Crippen LogP contribution in [0.3, 0.4) is 0 Å². The highest BCUT2D eigenvalue weighted by molar-refractivity contribution is 6.43. The molecule has 0 atom stereocenters.